The van der Waals surface area contributed by atoms with Gasteiger partial charge in [0.2, 0.25) is 5.91 Å². The van der Waals surface area contributed by atoms with Gasteiger partial charge in [0.25, 0.3) is 5.91 Å². The van der Waals surface area contributed by atoms with E-state index in [4.69, 9.17) is 9.84 Å². The highest BCUT2D eigenvalue weighted by molar-refractivity contribution is 6.09. The number of aliphatic hydroxyl groups is 1. The maximum absolute atomic E-state index is 14.8. The second-order valence-corrected chi connectivity index (χ2v) is 9.92. The molecule has 0 radical (unpaired) electrons. The molecule has 1 aromatic carbocycles. The zero-order valence-corrected chi connectivity index (χ0v) is 21.0. The molecule has 1 saturated heterocycles. The van der Waals surface area contributed by atoms with Gasteiger partial charge >= 0.3 is 6.18 Å². The van der Waals surface area contributed by atoms with E-state index in [0.29, 0.717) is 18.2 Å². The Morgan fingerprint density at radius 3 is 2.67 bits per heavy atom. The number of benzene rings is 1. The summed E-state index contributed by atoms with van der Waals surface area (Å²) >= 11 is 0. The van der Waals surface area contributed by atoms with Crippen molar-refractivity contribution < 1.29 is 37.0 Å². The van der Waals surface area contributed by atoms with Crippen LogP contribution in [-0.4, -0.2) is 75.3 Å². The number of piperidine rings is 1. The van der Waals surface area contributed by atoms with Gasteiger partial charge in [0.05, 0.1) is 35.8 Å². The largest absolute Gasteiger partial charge is 0.493 e. The van der Waals surface area contributed by atoms with Crippen LogP contribution in [0.4, 0.5) is 17.6 Å². The molecule has 1 aliphatic carbocycles. The molecule has 9 nitrogen and oxygen atoms in total. The fraction of sp³-hybridized carbons (Fsp3) is 0.462. The van der Waals surface area contributed by atoms with Gasteiger partial charge in [-0.25, -0.2) is 14.4 Å². The van der Waals surface area contributed by atoms with Crippen LogP contribution in [-0.2, 0) is 11.0 Å². The maximum atomic E-state index is 14.8. The number of hydrogen-bond donors (Lipinski definition) is 3. The number of halogens is 4. The molecule has 2 amide bonds. The van der Waals surface area contributed by atoms with Crippen LogP contribution < -0.4 is 10.1 Å². The Labute approximate surface area is 220 Å². The van der Waals surface area contributed by atoms with E-state index in [-0.39, 0.29) is 53.1 Å². The third-order valence-corrected chi connectivity index (χ3v) is 7.08. The third-order valence-electron chi connectivity index (χ3n) is 7.08. The lowest BCUT2D eigenvalue weighted by Crippen LogP contribution is -2.54. The minimum Gasteiger partial charge on any atom is -0.493 e. The predicted molar refractivity (Wildman–Crippen MR) is 132 cm³/mol. The molecule has 39 heavy (non-hydrogen) atoms. The number of aliphatic hydroxyl groups excluding tert-OH is 1. The Balaban J connectivity index is 1.47. The Kier molecular flexibility index (Phi) is 7.19. The van der Waals surface area contributed by atoms with Crippen LogP contribution in [0.25, 0.3) is 22.3 Å². The molecule has 5 rings (SSSR count). The molecular formula is C26H27F4N5O4. The average molecular weight is 550 g/mol. The van der Waals surface area contributed by atoms with Crippen LogP contribution >= 0.6 is 0 Å². The van der Waals surface area contributed by atoms with E-state index in [2.05, 4.69) is 20.3 Å². The van der Waals surface area contributed by atoms with E-state index in [9.17, 15) is 27.2 Å². The van der Waals surface area contributed by atoms with Crippen LogP contribution in [0, 0.1) is 12.8 Å². The van der Waals surface area contributed by atoms with Crippen molar-refractivity contribution in [3.05, 3.63) is 41.3 Å². The second-order valence-electron chi connectivity index (χ2n) is 9.92. The number of amides is 2. The Hall–Kier alpha value is -3.74. The van der Waals surface area contributed by atoms with E-state index in [1.165, 1.54) is 11.0 Å². The first-order valence-corrected chi connectivity index (χ1v) is 12.6. The summed E-state index contributed by atoms with van der Waals surface area (Å²) in [6.45, 7) is 1.16. The van der Waals surface area contributed by atoms with Gasteiger partial charge in [0, 0.05) is 17.8 Å². The highest BCUT2D eigenvalue weighted by atomic mass is 19.4. The first-order chi connectivity index (χ1) is 18.6. The van der Waals surface area contributed by atoms with E-state index < -0.39 is 42.4 Å². The molecular weight excluding hydrogens is 522 g/mol. The van der Waals surface area contributed by atoms with Crippen molar-refractivity contribution in [2.75, 3.05) is 26.3 Å². The van der Waals surface area contributed by atoms with Gasteiger partial charge in [-0.15, -0.1) is 0 Å². The molecule has 1 saturated carbocycles. The van der Waals surface area contributed by atoms with Crippen molar-refractivity contribution in [2.45, 2.75) is 44.6 Å². The van der Waals surface area contributed by atoms with Crippen molar-refractivity contribution in [2.24, 2.45) is 5.92 Å². The molecule has 3 aromatic rings. The molecule has 2 atom stereocenters. The Bertz CT molecular complexity index is 1400. The van der Waals surface area contributed by atoms with Gasteiger partial charge in [0.15, 0.2) is 0 Å². The minimum absolute atomic E-state index is 0.107. The lowest BCUT2D eigenvalue weighted by Gasteiger charge is -2.34. The summed E-state index contributed by atoms with van der Waals surface area (Å²) in [6, 6.07) is 2.31. The second kappa shape index (κ2) is 10.4. The van der Waals surface area contributed by atoms with Crippen LogP contribution in [0.3, 0.4) is 0 Å². The van der Waals surface area contributed by atoms with Crippen LogP contribution in [0.15, 0.2) is 24.5 Å². The van der Waals surface area contributed by atoms with Gasteiger partial charge in [-0.1, -0.05) is 0 Å². The van der Waals surface area contributed by atoms with Gasteiger partial charge in [0.1, 0.15) is 36.1 Å². The molecule has 13 heteroatoms. The van der Waals surface area contributed by atoms with Crippen LogP contribution in [0.5, 0.6) is 5.75 Å². The highest BCUT2D eigenvalue weighted by Crippen LogP contribution is 2.40. The average Bonchev–Trinajstić information content (AvgIpc) is 3.67. The SMILES string of the molecule is Cc1[nH]c2c(-c3cc(C(F)(F)F)ccc3OCC3CC3)ncnc2c1C(=O)N[C@@H]1CCN(C(=O)CO)C[C@H]1F. The number of rotatable bonds is 7. The van der Waals surface area contributed by atoms with Gasteiger partial charge < -0.3 is 25.0 Å². The van der Waals surface area contributed by atoms with E-state index in [0.717, 1.165) is 31.3 Å². The lowest BCUT2D eigenvalue weighted by molar-refractivity contribution is -0.138. The van der Waals surface area contributed by atoms with Gasteiger partial charge in [-0.2, -0.15) is 13.2 Å². The standard InChI is InChI=1S/C26H27F4N5O4/c1-13-21(25(38)34-18-6-7-35(9-17(18)27)20(37)10-36)23-24(33-13)22(31-12-32-23)16-8-15(26(28,29)30)4-5-19(16)39-11-14-2-3-14/h4-5,8,12,14,17-18,33,36H,2-3,6-7,9-11H2,1H3,(H,34,38)/t17-,18-/m1/s1. The normalized spacial score (nSPS) is 19.8. The van der Waals surface area contributed by atoms with Crippen molar-refractivity contribution in [1.29, 1.82) is 0 Å². The lowest BCUT2D eigenvalue weighted by atomic mass is 10.0. The third kappa shape index (κ3) is 5.54. The van der Waals surface area contributed by atoms with Gasteiger partial charge in [-0.3, -0.25) is 9.59 Å². The van der Waals surface area contributed by atoms with Gasteiger partial charge in [-0.05, 0) is 50.3 Å². The number of ether oxygens (including phenoxy) is 1. The summed E-state index contributed by atoms with van der Waals surface area (Å²) in [5.41, 5.74) is 0.278. The smallest absolute Gasteiger partial charge is 0.416 e. The molecule has 2 fully saturated rings. The number of likely N-dealkylation sites (tertiary alicyclic amines) is 1. The molecule has 0 unspecified atom stereocenters. The van der Waals surface area contributed by atoms with Crippen LogP contribution in [0.1, 0.15) is 40.9 Å². The monoisotopic (exact) mass is 549 g/mol. The first-order valence-electron chi connectivity index (χ1n) is 12.6. The summed E-state index contributed by atoms with van der Waals surface area (Å²) in [5, 5.41) is 11.7. The number of nitrogens with one attached hydrogen (secondary N) is 2. The number of hydrogen-bond acceptors (Lipinski definition) is 6. The highest BCUT2D eigenvalue weighted by Gasteiger charge is 2.35. The summed E-state index contributed by atoms with van der Waals surface area (Å²) in [6.07, 6.45) is -2.84. The number of carbonyl (C=O) groups excluding carboxylic acids is 2. The summed E-state index contributed by atoms with van der Waals surface area (Å²) in [7, 11) is 0. The van der Waals surface area contributed by atoms with E-state index >= 15 is 0 Å². The van der Waals surface area contributed by atoms with Crippen LogP contribution in [0.2, 0.25) is 0 Å². The quantitative estimate of drug-likeness (QED) is 0.389. The topological polar surface area (TPSA) is 120 Å². The molecule has 0 bridgehead atoms. The minimum atomic E-state index is -4.59. The number of aromatic amines is 1. The maximum Gasteiger partial charge on any atom is 0.416 e. The predicted octanol–water partition coefficient (Wildman–Crippen LogP) is 3.40. The summed E-state index contributed by atoms with van der Waals surface area (Å²) < 4.78 is 61.3. The summed E-state index contributed by atoms with van der Waals surface area (Å²) in [4.78, 5) is 37.6. The first kappa shape index (κ1) is 26.9. The Morgan fingerprint density at radius 1 is 1.23 bits per heavy atom. The number of fused-ring (bicyclic) bond motifs is 1. The molecule has 0 spiro atoms. The van der Waals surface area contributed by atoms with E-state index in [1.807, 2.05) is 0 Å². The number of aromatic nitrogens is 3. The number of aryl methyl sites for hydroxylation is 1. The molecule has 1 aliphatic heterocycles. The summed E-state index contributed by atoms with van der Waals surface area (Å²) in [5.74, 6) is -0.611. The molecule has 2 aromatic heterocycles. The number of nitrogens with zero attached hydrogens (tertiary/aromatic N) is 3. The molecule has 3 N–H and O–H groups in total. The Morgan fingerprint density at radius 2 is 2.00 bits per heavy atom. The van der Waals surface area contributed by atoms with Crippen molar-refractivity contribution in [3.8, 4) is 17.0 Å². The fourth-order valence-electron chi connectivity index (χ4n) is 4.75. The van der Waals surface area contributed by atoms with Crippen molar-refractivity contribution in [3.63, 3.8) is 0 Å². The molecule has 208 valence electrons. The van der Waals surface area contributed by atoms with Crippen molar-refractivity contribution >= 4 is 22.8 Å². The molecule has 2 aliphatic rings. The molecule has 3 heterocycles. The number of carbonyl (C=O) groups is 2. The number of H-pyrrole nitrogens is 1. The number of alkyl halides is 4. The van der Waals surface area contributed by atoms with Crippen molar-refractivity contribution in [1.82, 2.24) is 25.2 Å². The van der Waals surface area contributed by atoms with E-state index in [1.54, 1.807) is 6.92 Å². The zero-order chi connectivity index (χ0) is 27.9. The zero-order valence-electron chi connectivity index (χ0n) is 21.0. The fourth-order valence-corrected chi connectivity index (χ4v) is 4.75.